The van der Waals surface area contributed by atoms with Gasteiger partial charge in [0.2, 0.25) is 0 Å². The SMILES string of the molecule is COCCC1(CNc2cncc(N)n2)CC1. The van der Waals surface area contributed by atoms with Crippen molar-refractivity contribution in [2.45, 2.75) is 19.3 Å². The van der Waals surface area contributed by atoms with E-state index in [0.717, 1.165) is 25.4 Å². The zero-order chi connectivity index (χ0) is 11.4. The molecule has 0 bridgehead atoms. The van der Waals surface area contributed by atoms with Gasteiger partial charge >= 0.3 is 0 Å². The Morgan fingerprint density at radius 1 is 1.50 bits per heavy atom. The number of nitrogens with zero attached hydrogens (tertiary/aromatic N) is 2. The van der Waals surface area contributed by atoms with Crippen LogP contribution in [0.4, 0.5) is 11.6 Å². The monoisotopic (exact) mass is 222 g/mol. The van der Waals surface area contributed by atoms with Crippen LogP contribution < -0.4 is 11.1 Å². The molecule has 1 aromatic heterocycles. The summed E-state index contributed by atoms with van der Waals surface area (Å²) in [5.41, 5.74) is 5.97. The van der Waals surface area contributed by atoms with Crippen molar-refractivity contribution in [2.24, 2.45) is 5.41 Å². The van der Waals surface area contributed by atoms with E-state index in [1.807, 2.05) is 0 Å². The van der Waals surface area contributed by atoms with Crippen LogP contribution in [0.15, 0.2) is 12.4 Å². The van der Waals surface area contributed by atoms with Crippen LogP contribution in [0.25, 0.3) is 0 Å². The van der Waals surface area contributed by atoms with Gasteiger partial charge < -0.3 is 15.8 Å². The molecule has 88 valence electrons. The lowest BCUT2D eigenvalue weighted by molar-refractivity contribution is 0.175. The molecule has 0 spiro atoms. The van der Waals surface area contributed by atoms with E-state index < -0.39 is 0 Å². The summed E-state index contributed by atoms with van der Waals surface area (Å²) in [7, 11) is 1.74. The van der Waals surface area contributed by atoms with E-state index in [0.29, 0.717) is 11.2 Å². The van der Waals surface area contributed by atoms with E-state index in [-0.39, 0.29) is 0 Å². The molecule has 0 aliphatic heterocycles. The van der Waals surface area contributed by atoms with Gasteiger partial charge in [-0.2, -0.15) is 0 Å². The van der Waals surface area contributed by atoms with Gasteiger partial charge in [-0.25, -0.2) is 4.98 Å². The fraction of sp³-hybridized carbons (Fsp3) is 0.636. The van der Waals surface area contributed by atoms with E-state index in [4.69, 9.17) is 10.5 Å². The van der Waals surface area contributed by atoms with Crippen molar-refractivity contribution in [1.82, 2.24) is 9.97 Å². The Balaban J connectivity index is 1.83. The third kappa shape index (κ3) is 2.82. The van der Waals surface area contributed by atoms with Gasteiger partial charge in [-0.05, 0) is 24.7 Å². The summed E-state index contributed by atoms with van der Waals surface area (Å²) in [5, 5.41) is 3.29. The molecule has 0 saturated heterocycles. The van der Waals surface area contributed by atoms with Crippen LogP contribution in [0.2, 0.25) is 0 Å². The van der Waals surface area contributed by atoms with Gasteiger partial charge in [0.1, 0.15) is 11.6 Å². The first kappa shape index (κ1) is 11.1. The average molecular weight is 222 g/mol. The molecule has 0 aromatic carbocycles. The molecule has 1 aliphatic carbocycles. The third-order valence-electron chi connectivity index (χ3n) is 3.09. The number of anilines is 2. The maximum atomic E-state index is 5.56. The second kappa shape index (κ2) is 4.65. The molecule has 1 fully saturated rings. The van der Waals surface area contributed by atoms with Crippen LogP contribution in [0.3, 0.4) is 0 Å². The molecule has 0 atom stereocenters. The second-order valence-electron chi connectivity index (χ2n) is 4.43. The smallest absolute Gasteiger partial charge is 0.146 e. The molecule has 5 heteroatoms. The number of nitrogens with one attached hydrogen (secondary N) is 1. The Morgan fingerprint density at radius 2 is 2.31 bits per heavy atom. The molecule has 1 aliphatic rings. The lowest BCUT2D eigenvalue weighted by Gasteiger charge is -2.15. The van der Waals surface area contributed by atoms with Crippen LogP contribution >= 0.6 is 0 Å². The Kier molecular flexibility index (Phi) is 3.24. The van der Waals surface area contributed by atoms with E-state index in [2.05, 4.69) is 15.3 Å². The highest BCUT2D eigenvalue weighted by Crippen LogP contribution is 2.48. The molecule has 0 unspecified atom stereocenters. The maximum absolute atomic E-state index is 5.56. The van der Waals surface area contributed by atoms with Gasteiger partial charge in [0.25, 0.3) is 0 Å². The van der Waals surface area contributed by atoms with Crippen molar-refractivity contribution in [3.8, 4) is 0 Å². The Hall–Kier alpha value is -1.36. The normalized spacial score (nSPS) is 17.1. The maximum Gasteiger partial charge on any atom is 0.146 e. The number of nitrogens with two attached hydrogens (primary N) is 1. The molecule has 2 rings (SSSR count). The summed E-state index contributed by atoms with van der Waals surface area (Å²) in [6.45, 7) is 1.75. The van der Waals surface area contributed by atoms with E-state index in [1.165, 1.54) is 12.8 Å². The minimum absolute atomic E-state index is 0.405. The predicted molar refractivity (Wildman–Crippen MR) is 63.1 cm³/mol. The highest BCUT2D eigenvalue weighted by atomic mass is 16.5. The van der Waals surface area contributed by atoms with Crippen molar-refractivity contribution >= 4 is 11.6 Å². The van der Waals surface area contributed by atoms with Crippen LogP contribution in [-0.2, 0) is 4.74 Å². The average Bonchev–Trinajstić information content (AvgIpc) is 3.05. The molecule has 1 saturated carbocycles. The third-order valence-corrected chi connectivity index (χ3v) is 3.09. The first-order valence-corrected chi connectivity index (χ1v) is 5.54. The first-order chi connectivity index (χ1) is 7.74. The number of hydrogen-bond donors (Lipinski definition) is 2. The number of aromatic nitrogens is 2. The first-order valence-electron chi connectivity index (χ1n) is 5.54. The van der Waals surface area contributed by atoms with Gasteiger partial charge in [0.05, 0.1) is 12.4 Å². The molecule has 3 N–H and O–H groups in total. The predicted octanol–water partition coefficient (Wildman–Crippen LogP) is 1.29. The van der Waals surface area contributed by atoms with Crippen LogP contribution in [0.5, 0.6) is 0 Å². The highest BCUT2D eigenvalue weighted by Gasteiger charge is 2.41. The van der Waals surface area contributed by atoms with Crippen molar-refractivity contribution in [2.75, 3.05) is 31.3 Å². The van der Waals surface area contributed by atoms with Crippen molar-refractivity contribution in [1.29, 1.82) is 0 Å². The van der Waals surface area contributed by atoms with Crippen LogP contribution in [0.1, 0.15) is 19.3 Å². The summed E-state index contributed by atoms with van der Waals surface area (Å²) in [4.78, 5) is 8.15. The molecule has 0 amide bonds. The quantitative estimate of drug-likeness (QED) is 0.758. The molecular weight excluding hydrogens is 204 g/mol. The largest absolute Gasteiger partial charge is 0.385 e. The van der Waals surface area contributed by atoms with Gasteiger partial charge in [-0.1, -0.05) is 0 Å². The van der Waals surface area contributed by atoms with Gasteiger partial charge in [0.15, 0.2) is 0 Å². The zero-order valence-electron chi connectivity index (χ0n) is 9.57. The fourth-order valence-corrected chi connectivity index (χ4v) is 1.75. The second-order valence-corrected chi connectivity index (χ2v) is 4.43. The van der Waals surface area contributed by atoms with Crippen molar-refractivity contribution < 1.29 is 4.74 Å². The zero-order valence-corrected chi connectivity index (χ0v) is 9.57. The van der Waals surface area contributed by atoms with Crippen LogP contribution in [-0.4, -0.2) is 30.2 Å². The minimum Gasteiger partial charge on any atom is -0.385 e. The van der Waals surface area contributed by atoms with E-state index in [1.54, 1.807) is 19.5 Å². The molecule has 1 aromatic rings. The Bertz CT molecular complexity index is 352. The number of rotatable bonds is 6. The summed E-state index contributed by atoms with van der Waals surface area (Å²) in [5.74, 6) is 1.20. The summed E-state index contributed by atoms with van der Waals surface area (Å²) < 4.78 is 5.11. The van der Waals surface area contributed by atoms with Crippen molar-refractivity contribution in [3.63, 3.8) is 0 Å². The topological polar surface area (TPSA) is 73.1 Å². The van der Waals surface area contributed by atoms with Gasteiger partial charge in [-0.15, -0.1) is 0 Å². The lowest BCUT2D eigenvalue weighted by atomic mass is 10.0. The number of ether oxygens (including phenoxy) is 1. The fourth-order valence-electron chi connectivity index (χ4n) is 1.75. The van der Waals surface area contributed by atoms with Gasteiger partial charge in [0, 0.05) is 20.3 Å². The Morgan fingerprint density at radius 3 is 2.94 bits per heavy atom. The summed E-state index contributed by atoms with van der Waals surface area (Å²) in [6, 6.07) is 0. The lowest BCUT2D eigenvalue weighted by Crippen LogP contribution is -2.18. The van der Waals surface area contributed by atoms with Gasteiger partial charge in [-0.3, -0.25) is 4.98 Å². The van der Waals surface area contributed by atoms with Crippen LogP contribution in [0, 0.1) is 5.41 Å². The standard InChI is InChI=1S/C11H18N4O/c1-16-5-4-11(2-3-11)8-14-10-7-13-6-9(12)15-10/h6-7H,2-5,8H2,1H3,(H3,12,14,15). The number of methoxy groups -OCH3 is 1. The molecular formula is C11H18N4O. The minimum atomic E-state index is 0.405. The molecule has 1 heterocycles. The molecule has 5 nitrogen and oxygen atoms in total. The van der Waals surface area contributed by atoms with E-state index >= 15 is 0 Å². The number of nitrogen functional groups attached to an aromatic ring is 1. The molecule has 0 radical (unpaired) electrons. The molecule has 16 heavy (non-hydrogen) atoms. The summed E-state index contributed by atoms with van der Waals surface area (Å²) >= 11 is 0. The highest BCUT2D eigenvalue weighted by molar-refractivity contribution is 5.38. The van der Waals surface area contributed by atoms with Crippen molar-refractivity contribution in [3.05, 3.63) is 12.4 Å². The summed E-state index contributed by atoms with van der Waals surface area (Å²) in [6.07, 6.45) is 6.87. The van der Waals surface area contributed by atoms with E-state index in [9.17, 15) is 0 Å². The number of hydrogen-bond acceptors (Lipinski definition) is 5. The Labute approximate surface area is 95.4 Å².